The number of fused-ring (bicyclic) bond motifs is 2. The molecule has 2 aliphatic heterocycles. The third-order valence-electron chi connectivity index (χ3n) is 5.56. The van der Waals surface area contributed by atoms with E-state index in [1.807, 2.05) is 4.31 Å². The molecule has 176 valence electrons. The number of carbonyl (C=O) groups is 1. The fourth-order valence-corrected chi connectivity index (χ4v) is 4.73. The molecule has 3 rings (SSSR count). The number of ether oxygens (including phenoxy) is 2. The smallest absolute Gasteiger partial charge is 0.404 e. The largest absolute Gasteiger partial charge is 0.598 e. The van der Waals surface area contributed by atoms with Crippen molar-refractivity contribution < 1.29 is 23.9 Å². The first-order valence-electron chi connectivity index (χ1n) is 10.7. The van der Waals surface area contributed by atoms with Crippen LogP contribution in [0.4, 0.5) is 4.79 Å². The number of morpholine rings is 2. The molecule has 0 radical (unpaired) electrons. The molecule has 2 fully saturated rings. The first-order chi connectivity index (χ1) is 15.4. The van der Waals surface area contributed by atoms with Crippen LogP contribution in [0, 0.1) is 11.3 Å². The van der Waals surface area contributed by atoms with Gasteiger partial charge in [0.25, 0.3) is 0 Å². The molecule has 32 heavy (non-hydrogen) atoms. The Kier molecular flexibility index (Phi) is 9.40. The molecule has 10 nitrogen and oxygen atoms in total. The van der Waals surface area contributed by atoms with E-state index in [4.69, 9.17) is 19.8 Å². The van der Waals surface area contributed by atoms with E-state index >= 15 is 0 Å². The zero-order valence-corrected chi connectivity index (χ0v) is 19.1. The molecule has 2 heterocycles. The van der Waals surface area contributed by atoms with E-state index in [0.29, 0.717) is 44.1 Å². The molecule has 1 aromatic carbocycles. The number of hydrogen-bond donors (Lipinski definition) is 2. The second-order valence-corrected chi connectivity index (χ2v) is 9.33. The lowest BCUT2D eigenvalue weighted by atomic mass is 10.1. The van der Waals surface area contributed by atoms with Gasteiger partial charge in [-0.2, -0.15) is 5.26 Å². The second kappa shape index (κ2) is 12.2. The van der Waals surface area contributed by atoms with E-state index in [-0.39, 0.29) is 12.2 Å². The number of nitriles is 1. The molecule has 0 saturated carbocycles. The summed E-state index contributed by atoms with van der Waals surface area (Å²) < 4.78 is 25.9. The molecule has 2 saturated heterocycles. The van der Waals surface area contributed by atoms with E-state index in [2.05, 4.69) is 21.2 Å². The maximum absolute atomic E-state index is 12.2. The molecule has 3 unspecified atom stereocenters. The number of carboxylic acid groups (broad SMARTS) is 1. The van der Waals surface area contributed by atoms with Crippen LogP contribution in [0.2, 0.25) is 0 Å². The van der Waals surface area contributed by atoms with Crippen molar-refractivity contribution in [3.63, 3.8) is 0 Å². The minimum absolute atomic E-state index is 0.104. The number of amides is 1. The summed E-state index contributed by atoms with van der Waals surface area (Å²) in [5, 5.41) is 20.0. The number of rotatable bonds is 11. The van der Waals surface area contributed by atoms with E-state index in [9.17, 15) is 9.35 Å². The molecule has 3 atom stereocenters. The Hall–Kier alpha value is -2.07. The van der Waals surface area contributed by atoms with Crippen LogP contribution in [-0.2, 0) is 16.1 Å². The summed E-state index contributed by atoms with van der Waals surface area (Å²) in [6.07, 6.45) is 0.892. The lowest BCUT2D eigenvalue weighted by molar-refractivity contribution is -0.138. The average Bonchev–Trinajstić information content (AvgIpc) is 2.75. The first-order valence-corrected chi connectivity index (χ1v) is 12.2. The van der Waals surface area contributed by atoms with Crippen LogP contribution in [0.15, 0.2) is 24.3 Å². The van der Waals surface area contributed by atoms with Crippen LogP contribution in [0.1, 0.15) is 5.56 Å². The van der Waals surface area contributed by atoms with Crippen LogP contribution >= 0.6 is 0 Å². The van der Waals surface area contributed by atoms with Gasteiger partial charge in [0.1, 0.15) is 18.6 Å². The molecule has 11 heteroatoms. The third kappa shape index (κ3) is 7.81. The van der Waals surface area contributed by atoms with Crippen LogP contribution in [0.3, 0.4) is 0 Å². The molecule has 2 aliphatic rings. The number of benzene rings is 1. The zero-order valence-electron chi connectivity index (χ0n) is 18.3. The number of nitrogens with zero attached hydrogens (tertiary/aromatic N) is 4. The van der Waals surface area contributed by atoms with Gasteiger partial charge in [-0.1, -0.05) is 0 Å². The highest BCUT2D eigenvalue weighted by atomic mass is 32.2. The van der Waals surface area contributed by atoms with Crippen molar-refractivity contribution in [3.8, 4) is 11.8 Å². The van der Waals surface area contributed by atoms with Crippen LogP contribution in [0.5, 0.6) is 5.75 Å². The topological polar surface area (TPSA) is 124 Å². The highest BCUT2D eigenvalue weighted by Gasteiger charge is 2.35. The molecule has 2 bridgehead atoms. The van der Waals surface area contributed by atoms with Gasteiger partial charge >= 0.3 is 6.09 Å². The van der Waals surface area contributed by atoms with Crippen molar-refractivity contribution in [2.24, 2.45) is 0 Å². The predicted octanol–water partition coefficient (Wildman–Crippen LogP) is 0.185. The van der Waals surface area contributed by atoms with Gasteiger partial charge in [0.2, 0.25) is 0 Å². The second-order valence-electron chi connectivity index (χ2n) is 7.97. The fourth-order valence-electron chi connectivity index (χ4n) is 4.06. The van der Waals surface area contributed by atoms with Crippen LogP contribution < -0.4 is 10.1 Å². The van der Waals surface area contributed by atoms with Gasteiger partial charge in [0.05, 0.1) is 36.9 Å². The molecule has 1 aromatic rings. The monoisotopic (exact) mass is 465 g/mol. The van der Waals surface area contributed by atoms with Crippen molar-refractivity contribution in [1.82, 2.24) is 19.4 Å². The van der Waals surface area contributed by atoms with Gasteiger partial charge in [-0.05, 0) is 24.3 Å². The Bertz CT molecular complexity index is 761. The fraction of sp³-hybridized carbons (Fsp3) is 0.619. The molecule has 0 aliphatic carbocycles. The normalized spacial score (nSPS) is 22.3. The Morgan fingerprint density at radius 1 is 1.25 bits per heavy atom. The summed E-state index contributed by atoms with van der Waals surface area (Å²) in [5.41, 5.74) is 0.587. The Morgan fingerprint density at radius 3 is 2.44 bits per heavy atom. The van der Waals surface area contributed by atoms with E-state index < -0.39 is 17.5 Å². The summed E-state index contributed by atoms with van der Waals surface area (Å²) in [5.74, 6) is 0.690. The summed E-state index contributed by atoms with van der Waals surface area (Å²) in [6, 6.07) is 9.03. The predicted molar refractivity (Wildman–Crippen MR) is 120 cm³/mol. The lowest BCUT2D eigenvalue weighted by Crippen LogP contribution is -2.60. The van der Waals surface area contributed by atoms with Crippen molar-refractivity contribution >= 4 is 17.5 Å². The standard InChI is InChI=1S/C21H31N5O5S/c1-32(29)26(10-11-30-18-4-2-17(12-22)3-5-18)9-8-25-15-19-13-24(7-6-23-21(27)28)14-20(16-25)31-19/h2-5,19-20,23H,6-11,13-16H2,1H3,(H,27,28). The summed E-state index contributed by atoms with van der Waals surface area (Å²) in [4.78, 5) is 15.2. The van der Waals surface area contributed by atoms with Gasteiger partial charge in [-0.15, -0.1) is 4.31 Å². The van der Waals surface area contributed by atoms with Crippen LogP contribution in [0.25, 0.3) is 0 Å². The quantitative estimate of drug-likeness (QED) is 0.441. The molecular weight excluding hydrogens is 434 g/mol. The van der Waals surface area contributed by atoms with Crippen molar-refractivity contribution in [3.05, 3.63) is 29.8 Å². The number of hydrogen-bond acceptors (Lipinski definition) is 8. The van der Waals surface area contributed by atoms with Gasteiger partial charge in [0, 0.05) is 57.2 Å². The minimum Gasteiger partial charge on any atom is -0.598 e. The molecule has 0 spiro atoms. The Balaban J connectivity index is 1.38. The molecule has 0 aromatic heterocycles. The highest BCUT2D eigenvalue weighted by Crippen LogP contribution is 2.19. The zero-order chi connectivity index (χ0) is 22.9. The summed E-state index contributed by atoms with van der Waals surface area (Å²) in [7, 11) is 0. The minimum atomic E-state index is -1.10. The molecular formula is C21H31N5O5S. The van der Waals surface area contributed by atoms with Gasteiger partial charge in [0.15, 0.2) is 0 Å². The van der Waals surface area contributed by atoms with Gasteiger partial charge in [-0.25, -0.2) is 4.79 Å². The van der Waals surface area contributed by atoms with E-state index in [1.165, 1.54) is 0 Å². The summed E-state index contributed by atoms with van der Waals surface area (Å²) >= 11 is -1.10. The Labute approximate surface area is 192 Å². The summed E-state index contributed by atoms with van der Waals surface area (Å²) in [6.45, 7) is 6.73. The lowest BCUT2D eigenvalue weighted by Gasteiger charge is -2.46. The first kappa shape index (κ1) is 24.6. The van der Waals surface area contributed by atoms with E-state index in [0.717, 1.165) is 32.7 Å². The van der Waals surface area contributed by atoms with E-state index in [1.54, 1.807) is 30.5 Å². The van der Waals surface area contributed by atoms with Gasteiger partial charge in [-0.3, -0.25) is 9.80 Å². The maximum Gasteiger partial charge on any atom is 0.404 e. The van der Waals surface area contributed by atoms with Crippen LogP contribution in [-0.4, -0.2) is 114 Å². The maximum atomic E-state index is 12.2. The van der Waals surface area contributed by atoms with Crippen molar-refractivity contribution in [1.29, 1.82) is 5.26 Å². The Morgan fingerprint density at radius 2 is 1.88 bits per heavy atom. The van der Waals surface area contributed by atoms with Crippen molar-refractivity contribution in [2.75, 3.05) is 71.8 Å². The average molecular weight is 466 g/mol. The van der Waals surface area contributed by atoms with Gasteiger partial charge < -0.3 is 24.4 Å². The highest BCUT2D eigenvalue weighted by molar-refractivity contribution is 7.88. The SMILES string of the molecule is C[S+]([O-])N(CCOc1ccc(C#N)cc1)CCN1CC2CN(CCNC(=O)O)CC(C1)O2. The van der Waals surface area contributed by atoms with Crippen molar-refractivity contribution in [2.45, 2.75) is 12.2 Å². The molecule has 2 N–H and O–H groups in total. The molecule has 1 amide bonds. The third-order valence-corrected chi connectivity index (χ3v) is 6.65. The number of nitrogens with one attached hydrogen (secondary N) is 1.